The van der Waals surface area contributed by atoms with Crippen molar-refractivity contribution >= 4 is 50.9 Å². The summed E-state index contributed by atoms with van der Waals surface area (Å²) in [6, 6.07) is 18.3. The van der Waals surface area contributed by atoms with Gasteiger partial charge in [-0.15, -0.1) is 11.3 Å². The SMILES string of the molecule is CCOC(=O)c1c(-c2ccccc2)csc1NC1SC(=O)N(c2ccccc2)C1=O. The summed E-state index contributed by atoms with van der Waals surface area (Å²) in [5.41, 5.74) is 2.48. The zero-order chi connectivity index (χ0) is 21.1. The number of imide groups is 1. The molecule has 6 nitrogen and oxygen atoms in total. The minimum Gasteiger partial charge on any atom is -0.462 e. The average molecular weight is 439 g/mol. The number of ether oxygens (including phenoxy) is 1. The molecule has 0 saturated carbocycles. The molecule has 1 unspecified atom stereocenters. The lowest BCUT2D eigenvalue weighted by Crippen LogP contribution is -2.34. The van der Waals surface area contributed by atoms with Crippen molar-refractivity contribution in [3.05, 3.63) is 71.6 Å². The number of hydrogen-bond donors (Lipinski definition) is 1. The molecule has 0 aliphatic carbocycles. The summed E-state index contributed by atoms with van der Waals surface area (Å²) < 4.78 is 5.25. The van der Waals surface area contributed by atoms with Gasteiger partial charge in [0.1, 0.15) is 10.6 Å². The third kappa shape index (κ3) is 3.83. The Kier molecular flexibility index (Phi) is 5.87. The highest BCUT2D eigenvalue weighted by atomic mass is 32.2. The normalized spacial score (nSPS) is 16.0. The predicted molar refractivity (Wildman–Crippen MR) is 120 cm³/mol. The quantitative estimate of drug-likeness (QED) is 0.531. The average Bonchev–Trinajstić information content (AvgIpc) is 3.30. The van der Waals surface area contributed by atoms with Crippen molar-refractivity contribution in [2.24, 2.45) is 0 Å². The van der Waals surface area contributed by atoms with E-state index in [-0.39, 0.29) is 17.8 Å². The molecular weight excluding hydrogens is 420 g/mol. The lowest BCUT2D eigenvalue weighted by molar-refractivity contribution is -0.116. The molecule has 1 aromatic heterocycles. The Balaban J connectivity index is 1.65. The van der Waals surface area contributed by atoms with Gasteiger partial charge >= 0.3 is 5.97 Å². The van der Waals surface area contributed by atoms with Crippen LogP contribution >= 0.6 is 23.1 Å². The Hall–Kier alpha value is -3.10. The molecule has 30 heavy (non-hydrogen) atoms. The van der Waals surface area contributed by atoms with Crippen LogP contribution in [0.15, 0.2) is 66.0 Å². The van der Waals surface area contributed by atoms with Crippen molar-refractivity contribution in [1.29, 1.82) is 0 Å². The molecular formula is C22H18N2O4S2. The van der Waals surface area contributed by atoms with Gasteiger partial charge in [-0.05, 0) is 36.4 Å². The zero-order valence-electron chi connectivity index (χ0n) is 16.0. The molecule has 4 rings (SSSR count). The first-order valence-corrected chi connectivity index (χ1v) is 11.1. The van der Waals surface area contributed by atoms with Crippen LogP contribution in [0.4, 0.5) is 15.5 Å². The van der Waals surface area contributed by atoms with Crippen LogP contribution in [-0.4, -0.2) is 29.1 Å². The van der Waals surface area contributed by atoms with Crippen LogP contribution in [0, 0.1) is 0 Å². The maximum Gasteiger partial charge on any atom is 0.341 e. The van der Waals surface area contributed by atoms with Crippen LogP contribution in [0.3, 0.4) is 0 Å². The number of thiophene rings is 1. The van der Waals surface area contributed by atoms with Gasteiger partial charge in [-0.3, -0.25) is 9.59 Å². The topological polar surface area (TPSA) is 75.7 Å². The van der Waals surface area contributed by atoms with E-state index in [1.54, 1.807) is 31.2 Å². The number of thioether (sulfide) groups is 1. The van der Waals surface area contributed by atoms with Crippen molar-refractivity contribution in [1.82, 2.24) is 0 Å². The molecule has 1 saturated heterocycles. The van der Waals surface area contributed by atoms with Crippen molar-refractivity contribution < 1.29 is 19.1 Å². The molecule has 2 heterocycles. The van der Waals surface area contributed by atoms with Crippen LogP contribution in [0.1, 0.15) is 17.3 Å². The number of carbonyl (C=O) groups is 3. The maximum absolute atomic E-state index is 12.9. The molecule has 3 aromatic rings. The van der Waals surface area contributed by atoms with Crippen LogP contribution in [0.25, 0.3) is 11.1 Å². The summed E-state index contributed by atoms with van der Waals surface area (Å²) in [4.78, 5) is 39.2. The van der Waals surface area contributed by atoms with Gasteiger partial charge in [-0.1, -0.05) is 48.5 Å². The molecule has 2 aromatic carbocycles. The minimum atomic E-state index is -0.826. The largest absolute Gasteiger partial charge is 0.462 e. The summed E-state index contributed by atoms with van der Waals surface area (Å²) in [7, 11) is 0. The molecule has 1 aliphatic heterocycles. The fourth-order valence-corrected chi connectivity index (χ4v) is 5.08. The summed E-state index contributed by atoms with van der Waals surface area (Å²) in [6.45, 7) is 1.98. The van der Waals surface area contributed by atoms with Crippen LogP contribution in [0.5, 0.6) is 0 Å². The van der Waals surface area contributed by atoms with E-state index in [0.29, 0.717) is 16.3 Å². The van der Waals surface area contributed by atoms with E-state index in [9.17, 15) is 14.4 Å². The molecule has 1 aliphatic rings. The first-order chi connectivity index (χ1) is 14.6. The number of hydrogen-bond acceptors (Lipinski definition) is 7. The summed E-state index contributed by atoms with van der Waals surface area (Å²) in [6.07, 6.45) is 0. The van der Waals surface area contributed by atoms with E-state index >= 15 is 0 Å². The zero-order valence-corrected chi connectivity index (χ0v) is 17.7. The Labute approximate surface area is 181 Å². The standard InChI is InChI=1S/C22H18N2O4S2/c1-2-28-21(26)17-16(14-9-5-3-6-10-14)13-29-18(17)23-19-20(25)24(22(27)30-19)15-11-7-4-8-12-15/h3-13,19,23H,2H2,1H3. The van der Waals surface area contributed by atoms with Gasteiger partial charge < -0.3 is 10.1 Å². The molecule has 8 heteroatoms. The van der Waals surface area contributed by atoms with Gasteiger partial charge in [-0.2, -0.15) is 0 Å². The highest BCUT2D eigenvalue weighted by Gasteiger charge is 2.41. The number of nitrogens with one attached hydrogen (secondary N) is 1. The first-order valence-electron chi connectivity index (χ1n) is 9.30. The summed E-state index contributed by atoms with van der Waals surface area (Å²) in [5.74, 6) is -0.845. The number of nitrogens with zero attached hydrogens (tertiary/aromatic N) is 1. The van der Waals surface area contributed by atoms with Gasteiger partial charge in [0.05, 0.1) is 12.3 Å². The number of carbonyl (C=O) groups excluding carboxylic acids is 3. The molecule has 0 bridgehead atoms. The van der Waals surface area contributed by atoms with Crippen molar-refractivity contribution in [2.45, 2.75) is 12.3 Å². The molecule has 1 N–H and O–H groups in total. The number of benzene rings is 2. The minimum absolute atomic E-state index is 0.236. The second-order valence-corrected chi connectivity index (χ2v) is 8.29. The van der Waals surface area contributed by atoms with Crippen molar-refractivity contribution in [2.75, 3.05) is 16.8 Å². The second kappa shape index (κ2) is 8.73. The molecule has 1 fully saturated rings. The van der Waals surface area contributed by atoms with Crippen molar-refractivity contribution in [3.8, 4) is 11.1 Å². The van der Waals surface area contributed by atoms with Crippen LogP contribution in [-0.2, 0) is 9.53 Å². The molecule has 152 valence electrons. The van der Waals surface area contributed by atoms with Gasteiger partial charge in [0.15, 0.2) is 5.37 Å². The van der Waals surface area contributed by atoms with Gasteiger partial charge in [0.25, 0.3) is 11.1 Å². The lowest BCUT2D eigenvalue weighted by atomic mass is 10.0. The third-order valence-corrected chi connectivity index (χ3v) is 6.33. The molecule has 1 atom stereocenters. The molecule has 0 radical (unpaired) electrons. The first kappa shape index (κ1) is 20.2. The third-order valence-electron chi connectivity index (χ3n) is 4.48. The fourth-order valence-electron chi connectivity index (χ4n) is 3.13. The highest BCUT2D eigenvalue weighted by molar-refractivity contribution is 8.16. The number of para-hydroxylation sites is 1. The van der Waals surface area contributed by atoms with E-state index in [2.05, 4.69) is 5.32 Å². The highest BCUT2D eigenvalue weighted by Crippen LogP contribution is 2.39. The number of esters is 1. The molecule has 2 amide bonds. The lowest BCUT2D eigenvalue weighted by Gasteiger charge is -2.15. The van der Waals surface area contributed by atoms with Crippen LogP contribution in [0.2, 0.25) is 0 Å². The van der Waals surface area contributed by atoms with Crippen molar-refractivity contribution in [3.63, 3.8) is 0 Å². The van der Waals surface area contributed by atoms with E-state index in [0.717, 1.165) is 27.8 Å². The maximum atomic E-state index is 12.9. The number of anilines is 2. The number of rotatable bonds is 6. The predicted octanol–water partition coefficient (Wildman–Crippen LogP) is 5.23. The van der Waals surface area contributed by atoms with E-state index in [1.807, 2.05) is 41.8 Å². The van der Waals surface area contributed by atoms with E-state index in [1.165, 1.54) is 11.3 Å². The Morgan fingerprint density at radius 3 is 2.40 bits per heavy atom. The fraction of sp³-hybridized carbons (Fsp3) is 0.136. The van der Waals surface area contributed by atoms with Gasteiger partial charge in [0.2, 0.25) is 0 Å². The Morgan fingerprint density at radius 2 is 1.73 bits per heavy atom. The van der Waals surface area contributed by atoms with Gasteiger partial charge in [-0.25, -0.2) is 9.69 Å². The monoisotopic (exact) mass is 438 g/mol. The Morgan fingerprint density at radius 1 is 1.07 bits per heavy atom. The Bertz CT molecular complexity index is 1080. The van der Waals surface area contributed by atoms with Crippen LogP contribution < -0.4 is 10.2 Å². The van der Waals surface area contributed by atoms with Gasteiger partial charge in [0, 0.05) is 10.9 Å². The summed E-state index contributed by atoms with van der Waals surface area (Å²) in [5, 5.41) is 4.25. The molecule has 0 spiro atoms. The number of amides is 2. The summed E-state index contributed by atoms with van der Waals surface area (Å²) >= 11 is 2.20. The van der Waals surface area contributed by atoms with E-state index in [4.69, 9.17) is 4.74 Å². The smallest absolute Gasteiger partial charge is 0.341 e. The van der Waals surface area contributed by atoms with E-state index < -0.39 is 11.3 Å². The second-order valence-electron chi connectivity index (χ2n) is 6.36.